The van der Waals surface area contributed by atoms with Gasteiger partial charge in [-0.3, -0.25) is 0 Å². The molecule has 2 unspecified atom stereocenters. The van der Waals surface area contributed by atoms with Crippen molar-refractivity contribution in [1.29, 1.82) is 0 Å². The zero-order valence-corrected chi connectivity index (χ0v) is 10.4. The van der Waals surface area contributed by atoms with Crippen LogP contribution in [0.25, 0.3) is 0 Å². The lowest BCUT2D eigenvalue weighted by molar-refractivity contribution is 0.0352. The highest BCUT2D eigenvalue weighted by Gasteiger charge is 2.22. The zero-order chi connectivity index (χ0) is 11.2. The predicted molar refractivity (Wildman–Crippen MR) is 63.4 cm³/mol. The van der Waals surface area contributed by atoms with Gasteiger partial charge in [-0.15, -0.1) is 0 Å². The Morgan fingerprint density at radius 2 is 2.07 bits per heavy atom. The van der Waals surface area contributed by atoms with Gasteiger partial charge in [0.15, 0.2) is 0 Å². The summed E-state index contributed by atoms with van der Waals surface area (Å²) in [6, 6.07) is 0. The minimum Gasteiger partial charge on any atom is -0.390 e. The molecule has 0 rings (SSSR count). The van der Waals surface area contributed by atoms with Crippen LogP contribution in [-0.4, -0.2) is 10.7 Å². The number of aliphatic hydroxyl groups is 1. The summed E-state index contributed by atoms with van der Waals surface area (Å²) in [7, 11) is 0. The molecule has 2 atom stereocenters. The lowest BCUT2D eigenvalue weighted by atomic mass is 9.86. The topological polar surface area (TPSA) is 20.2 Å². The quantitative estimate of drug-likeness (QED) is 0.641. The van der Waals surface area contributed by atoms with Gasteiger partial charge in [-0.05, 0) is 39.5 Å². The van der Waals surface area contributed by atoms with E-state index in [4.69, 9.17) is 0 Å². The smallest absolute Gasteiger partial charge is 0.0659 e. The normalized spacial score (nSPS) is 19.1. The summed E-state index contributed by atoms with van der Waals surface area (Å²) < 4.78 is 0. The van der Waals surface area contributed by atoms with Gasteiger partial charge in [0.05, 0.1) is 5.60 Å². The fourth-order valence-electron chi connectivity index (χ4n) is 2.12. The van der Waals surface area contributed by atoms with Crippen molar-refractivity contribution >= 4 is 0 Å². The van der Waals surface area contributed by atoms with Gasteiger partial charge in [0.25, 0.3) is 0 Å². The molecule has 0 aromatic rings. The van der Waals surface area contributed by atoms with Crippen LogP contribution in [0, 0.1) is 5.92 Å². The third kappa shape index (κ3) is 6.20. The maximum atomic E-state index is 10.2. The SMILES string of the molecule is CC=C(C)CC(C)(O)CC(C)CCC. The average Bonchev–Trinajstić information content (AvgIpc) is 2.02. The molecule has 1 nitrogen and oxygen atoms in total. The lowest BCUT2D eigenvalue weighted by Crippen LogP contribution is -2.27. The minimum atomic E-state index is -0.523. The Morgan fingerprint density at radius 3 is 2.50 bits per heavy atom. The van der Waals surface area contributed by atoms with Crippen molar-refractivity contribution in [2.45, 2.75) is 65.9 Å². The standard InChI is InChI=1S/C13H26O/c1-6-8-12(4)10-13(5,14)9-11(3)7-2/h7,12,14H,6,8-10H2,1-5H3. The molecular weight excluding hydrogens is 172 g/mol. The van der Waals surface area contributed by atoms with Gasteiger partial charge in [-0.1, -0.05) is 38.3 Å². The molecule has 0 saturated carbocycles. The molecule has 0 spiro atoms. The van der Waals surface area contributed by atoms with E-state index in [-0.39, 0.29) is 0 Å². The minimum absolute atomic E-state index is 0.523. The van der Waals surface area contributed by atoms with Crippen LogP contribution in [0.5, 0.6) is 0 Å². The molecule has 0 aliphatic heterocycles. The highest BCUT2D eigenvalue weighted by molar-refractivity contribution is 5.01. The first-order chi connectivity index (χ1) is 6.41. The molecule has 0 aliphatic rings. The second-order valence-corrected chi connectivity index (χ2v) is 4.91. The van der Waals surface area contributed by atoms with E-state index in [1.165, 1.54) is 18.4 Å². The Balaban J connectivity index is 4.05. The monoisotopic (exact) mass is 198 g/mol. The van der Waals surface area contributed by atoms with E-state index in [2.05, 4.69) is 26.8 Å². The Kier molecular flexibility index (Phi) is 6.10. The highest BCUT2D eigenvalue weighted by atomic mass is 16.3. The summed E-state index contributed by atoms with van der Waals surface area (Å²) in [6.07, 6.45) is 6.22. The van der Waals surface area contributed by atoms with Crippen molar-refractivity contribution in [3.05, 3.63) is 11.6 Å². The molecule has 0 fully saturated rings. The van der Waals surface area contributed by atoms with E-state index < -0.39 is 5.60 Å². The fourth-order valence-corrected chi connectivity index (χ4v) is 2.12. The third-order valence-electron chi connectivity index (χ3n) is 2.72. The molecule has 14 heavy (non-hydrogen) atoms. The van der Waals surface area contributed by atoms with E-state index in [1.807, 2.05) is 13.8 Å². The van der Waals surface area contributed by atoms with Gasteiger partial charge in [0.1, 0.15) is 0 Å². The van der Waals surface area contributed by atoms with Crippen LogP contribution >= 0.6 is 0 Å². The summed E-state index contributed by atoms with van der Waals surface area (Å²) in [6.45, 7) is 10.5. The second kappa shape index (κ2) is 6.23. The molecule has 0 aliphatic carbocycles. The molecule has 1 N–H and O–H groups in total. The van der Waals surface area contributed by atoms with Gasteiger partial charge in [0.2, 0.25) is 0 Å². The maximum Gasteiger partial charge on any atom is 0.0659 e. The van der Waals surface area contributed by atoms with E-state index in [0.29, 0.717) is 5.92 Å². The third-order valence-corrected chi connectivity index (χ3v) is 2.72. The second-order valence-electron chi connectivity index (χ2n) is 4.91. The van der Waals surface area contributed by atoms with Gasteiger partial charge in [-0.2, -0.15) is 0 Å². The molecule has 0 heterocycles. The Hall–Kier alpha value is -0.300. The average molecular weight is 198 g/mol. The van der Waals surface area contributed by atoms with Crippen molar-refractivity contribution in [1.82, 2.24) is 0 Å². The maximum absolute atomic E-state index is 10.2. The predicted octanol–water partition coefficient (Wildman–Crippen LogP) is 3.92. The van der Waals surface area contributed by atoms with E-state index >= 15 is 0 Å². The summed E-state index contributed by atoms with van der Waals surface area (Å²) in [5.41, 5.74) is 0.754. The van der Waals surface area contributed by atoms with Crippen LogP contribution < -0.4 is 0 Å². The first kappa shape index (κ1) is 13.7. The number of hydrogen-bond donors (Lipinski definition) is 1. The Labute approximate surface area is 89.2 Å². The fraction of sp³-hybridized carbons (Fsp3) is 0.846. The van der Waals surface area contributed by atoms with E-state index in [9.17, 15) is 5.11 Å². The van der Waals surface area contributed by atoms with Gasteiger partial charge in [-0.25, -0.2) is 0 Å². The van der Waals surface area contributed by atoms with Crippen molar-refractivity contribution in [3.8, 4) is 0 Å². The van der Waals surface area contributed by atoms with Crippen molar-refractivity contribution in [2.75, 3.05) is 0 Å². The molecule has 0 bridgehead atoms. The summed E-state index contributed by atoms with van der Waals surface area (Å²) >= 11 is 0. The molecule has 0 aromatic carbocycles. The highest BCUT2D eigenvalue weighted by Crippen LogP contribution is 2.26. The van der Waals surface area contributed by atoms with Crippen LogP contribution in [0.1, 0.15) is 60.3 Å². The van der Waals surface area contributed by atoms with Crippen LogP contribution in [0.2, 0.25) is 0 Å². The number of allylic oxidation sites excluding steroid dienone is 1. The molecule has 1 heteroatoms. The van der Waals surface area contributed by atoms with Crippen molar-refractivity contribution in [2.24, 2.45) is 5.92 Å². The van der Waals surface area contributed by atoms with Crippen LogP contribution in [0.3, 0.4) is 0 Å². The van der Waals surface area contributed by atoms with Crippen LogP contribution in [0.15, 0.2) is 11.6 Å². The van der Waals surface area contributed by atoms with Crippen LogP contribution in [-0.2, 0) is 0 Å². The summed E-state index contributed by atoms with van der Waals surface area (Å²) in [5.74, 6) is 0.625. The van der Waals surface area contributed by atoms with Crippen molar-refractivity contribution in [3.63, 3.8) is 0 Å². The van der Waals surface area contributed by atoms with E-state index in [0.717, 1.165) is 12.8 Å². The zero-order valence-electron chi connectivity index (χ0n) is 10.4. The molecule has 0 radical (unpaired) electrons. The molecule has 84 valence electrons. The molecule has 0 aromatic heterocycles. The van der Waals surface area contributed by atoms with Gasteiger partial charge >= 0.3 is 0 Å². The number of rotatable bonds is 6. The first-order valence-electron chi connectivity index (χ1n) is 5.75. The summed E-state index contributed by atoms with van der Waals surface area (Å²) in [4.78, 5) is 0. The largest absolute Gasteiger partial charge is 0.390 e. The first-order valence-corrected chi connectivity index (χ1v) is 5.75. The Bertz CT molecular complexity index is 180. The molecule has 0 amide bonds. The lowest BCUT2D eigenvalue weighted by Gasteiger charge is -2.27. The van der Waals surface area contributed by atoms with E-state index in [1.54, 1.807) is 0 Å². The van der Waals surface area contributed by atoms with Crippen LogP contribution in [0.4, 0.5) is 0 Å². The molecule has 0 saturated heterocycles. The molecular formula is C13H26O. The number of hydrogen-bond acceptors (Lipinski definition) is 1. The van der Waals surface area contributed by atoms with Gasteiger partial charge < -0.3 is 5.11 Å². The van der Waals surface area contributed by atoms with Crippen molar-refractivity contribution < 1.29 is 5.11 Å². The Morgan fingerprint density at radius 1 is 1.50 bits per heavy atom. The van der Waals surface area contributed by atoms with Gasteiger partial charge in [0, 0.05) is 0 Å². The summed E-state index contributed by atoms with van der Waals surface area (Å²) in [5, 5.41) is 10.2.